The molecule has 0 radical (unpaired) electrons. The van der Waals surface area contributed by atoms with E-state index in [1.54, 1.807) is 17.6 Å². The highest BCUT2D eigenvalue weighted by molar-refractivity contribution is 5.93. The first-order chi connectivity index (χ1) is 11.6. The summed E-state index contributed by atoms with van der Waals surface area (Å²) < 4.78 is 0. The number of nitrogens with one attached hydrogen (secondary N) is 2. The second-order valence-corrected chi connectivity index (χ2v) is 6.88. The number of carbonyl (C=O) groups is 2. The lowest BCUT2D eigenvalue weighted by molar-refractivity contribution is -0.125. The number of hydrogen-bond acceptors (Lipinski definition) is 3. The third-order valence-electron chi connectivity index (χ3n) is 4.75. The molecule has 5 heteroatoms. The summed E-state index contributed by atoms with van der Waals surface area (Å²) in [4.78, 5) is 23.6. The predicted molar refractivity (Wildman–Crippen MR) is 92.8 cm³/mol. The lowest BCUT2D eigenvalue weighted by atomic mass is 9.97. The van der Waals surface area contributed by atoms with Crippen molar-refractivity contribution in [3.05, 3.63) is 35.4 Å². The van der Waals surface area contributed by atoms with Crippen molar-refractivity contribution in [3.63, 3.8) is 0 Å². The van der Waals surface area contributed by atoms with Crippen molar-refractivity contribution in [2.45, 2.75) is 51.9 Å². The van der Waals surface area contributed by atoms with Crippen LogP contribution in [0.2, 0.25) is 0 Å². The molecule has 0 bridgehead atoms. The van der Waals surface area contributed by atoms with Crippen molar-refractivity contribution in [2.75, 3.05) is 6.54 Å². The van der Waals surface area contributed by atoms with Gasteiger partial charge in [0.25, 0.3) is 5.91 Å². The first-order valence-corrected chi connectivity index (χ1v) is 8.91. The molecule has 2 amide bonds. The second kappa shape index (κ2) is 9.42. The van der Waals surface area contributed by atoms with Crippen molar-refractivity contribution in [1.82, 2.24) is 10.8 Å². The molecule has 3 N–H and O–H groups in total. The van der Waals surface area contributed by atoms with Crippen molar-refractivity contribution < 1.29 is 14.8 Å². The first-order valence-electron chi connectivity index (χ1n) is 8.91. The zero-order chi connectivity index (χ0) is 17.4. The normalized spacial score (nSPS) is 16.9. The summed E-state index contributed by atoms with van der Waals surface area (Å²) in [6.45, 7) is 2.79. The molecule has 1 fully saturated rings. The number of amides is 2. The zero-order valence-corrected chi connectivity index (χ0v) is 14.4. The minimum atomic E-state index is -0.509. The number of hydroxylamine groups is 1. The molecule has 1 aromatic rings. The Hall–Kier alpha value is -1.88. The van der Waals surface area contributed by atoms with E-state index in [-0.39, 0.29) is 11.8 Å². The van der Waals surface area contributed by atoms with Crippen LogP contribution in [-0.2, 0) is 11.2 Å². The van der Waals surface area contributed by atoms with E-state index in [4.69, 9.17) is 5.21 Å². The highest BCUT2D eigenvalue weighted by Gasteiger charge is 2.20. The third kappa shape index (κ3) is 5.64. The summed E-state index contributed by atoms with van der Waals surface area (Å²) in [5, 5.41) is 11.7. The molecule has 0 saturated heterocycles. The molecular weight excluding hydrogens is 304 g/mol. The van der Waals surface area contributed by atoms with Gasteiger partial charge in [-0.15, -0.1) is 0 Å². The molecule has 0 aliphatic heterocycles. The predicted octanol–water partition coefficient (Wildman–Crippen LogP) is 3.07. The number of benzene rings is 1. The molecule has 0 aromatic heterocycles. The van der Waals surface area contributed by atoms with E-state index < -0.39 is 5.91 Å². The Balaban J connectivity index is 1.77. The van der Waals surface area contributed by atoms with Gasteiger partial charge in [-0.3, -0.25) is 14.8 Å². The highest BCUT2D eigenvalue weighted by Crippen LogP contribution is 2.23. The SMILES string of the molecule is CC(CNC(=O)C1CCCCCC1)Cc1ccc(C(=O)NO)cc1. The molecule has 0 heterocycles. The van der Waals surface area contributed by atoms with Gasteiger partial charge in [0, 0.05) is 18.0 Å². The van der Waals surface area contributed by atoms with Crippen LogP contribution >= 0.6 is 0 Å². The Kier molecular flexibility index (Phi) is 7.25. The van der Waals surface area contributed by atoms with Crippen LogP contribution in [0.1, 0.15) is 61.4 Å². The maximum atomic E-state index is 12.3. The van der Waals surface area contributed by atoms with E-state index in [1.165, 1.54) is 25.7 Å². The molecule has 132 valence electrons. The van der Waals surface area contributed by atoms with Crippen LogP contribution in [0.15, 0.2) is 24.3 Å². The Morgan fingerprint density at radius 2 is 1.75 bits per heavy atom. The molecule has 24 heavy (non-hydrogen) atoms. The topological polar surface area (TPSA) is 78.4 Å². The van der Waals surface area contributed by atoms with Gasteiger partial charge in [-0.1, -0.05) is 44.7 Å². The largest absolute Gasteiger partial charge is 0.356 e. The summed E-state index contributed by atoms with van der Waals surface area (Å²) in [6.07, 6.45) is 7.73. The van der Waals surface area contributed by atoms with Crippen LogP contribution < -0.4 is 10.8 Å². The minimum Gasteiger partial charge on any atom is -0.356 e. The zero-order valence-electron chi connectivity index (χ0n) is 14.4. The molecule has 1 aliphatic rings. The van der Waals surface area contributed by atoms with E-state index in [0.717, 1.165) is 24.8 Å². The Morgan fingerprint density at radius 1 is 1.12 bits per heavy atom. The molecule has 1 unspecified atom stereocenters. The standard InChI is InChI=1S/C19H28N2O3/c1-14(12-15-8-10-17(11-9-15)19(23)21-24)13-20-18(22)16-6-4-2-3-5-7-16/h8-11,14,16,24H,2-7,12-13H2,1H3,(H,20,22)(H,21,23). The van der Waals surface area contributed by atoms with Gasteiger partial charge in [0.05, 0.1) is 0 Å². The lowest BCUT2D eigenvalue weighted by Gasteiger charge is -2.17. The van der Waals surface area contributed by atoms with E-state index in [0.29, 0.717) is 18.0 Å². The van der Waals surface area contributed by atoms with Crippen molar-refractivity contribution >= 4 is 11.8 Å². The van der Waals surface area contributed by atoms with Crippen LogP contribution in [-0.4, -0.2) is 23.6 Å². The maximum Gasteiger partial charge on any atom is 0.274 e. The smallest absolute Gasteiger partial charge is 0.274 e. The van der Waals surface area contributed by atoms with E-state index in [2.05, 4.69) is 12.2 Å². The maximum absolute atomic E-state index is 12.3. The van der Waals surface area contributed by atoms with Crippen molar-refractivity contribution in [1.29, 1.82) is 0 Å². The highest BCUT2D eigenvalue weighted by atomic mass is 16.5. The Morgan fingerprint density at radius 3 is 2.33 bits per heavy atom. The monoisotopic (exact) mass is 332 g/mol. The minimum absolute atomic E-state index is 0.191. The number of rotatable bonds is 6. The van der Waals surface area contributed by atoms with Crippen LogP contribution in [0, 0.1) is 11.8 Å². The fourth-order valence-corrected chi connectivity index (χ4v) is 3.29. The van der Waals surface area contributed by atoms with Crippen LogP contribution in [0.5, 0.6) is 0 Å². The average molecular weight is 332 g/mol. The summed E-state index contributed by atoms with van der Waals surface area (Å²) in [6, 6.07) is 7.15. The summed E-state index contributed by atoms with van der Waals surface area (Å²) >= 11 is 0. The lowest BCUT2D eigenvalue weighted by Crippen LogP contribution is -2.34. The van der Waals surface area contributed by atoms with Crippen LogP contribution in [0.4, 0.5) is 0 Å². The van der Waals surface area contributed by atoms with Gasteiger partial charge in [-0.2, -0.15) is 0 Å². The van der Waals surface area contributed by atoms with Crippen LogP contribution in [0.25, 0.3) is 0 Å². The molecule has 0 spiro atoms. The average Bonchev–Trinajstić information content (AvgIpc) is 2.89. The van der Waals surface area contributed by atoms with E-state index in [9.17, 15) is 9.59 Å². The quantitative estimate of drug-likeness (QED) is 0.425. The van der Waals surface area contributed by atoms with Gasteiger partial charge in [-0.05, 0) is 42.9 Å². The van der Waals surface area contributed by atoms with E-state index >= 15 is 0 Å². The van der Waals surface area contributed by atoms with Gasteiger partial charge in [0.2, 0.25) is 5.91 Å². The summed E-state index contributed by atoms with van der Waals surface area (Å²) in [5.41, 5.74) is 3.16. The summed E-state index contributed by atoms with van der Waals surface area (Å²) in [7, 11) is 0. The van der Waals surface area contributed by atoms with E-state index in [1.807, 2.05) is 12.1 Å². The number of hydrogen-bond donors (Lipinski definition) is 3. The Labute approximate surface area is 143 Å². The van der Waals surface area contributed by atoms with Gasteiger partial charge < -0.3 is 5.32 Å². The van der Waals surface area contributed by atoms with Crippen molar-refractivity contribution in [3.8, 4) is 0 Å². The van der Waals surface area contributed by atoms with Gasteiger partial charge >= 0.3 is 0 Å². The van der Waals surface area contributed by atoms with Gasteiger partial charge in [-0.25, -0.2) is 5.48 Å². The molecular formula is C19H28N2O3. The first kappa shape index (κ1) is 18.5. The molecule has 1 atom stereocenters. The van der Waals surface area contributed by atoms with Gasteiger partial charge in [0.1, 0.15) is 0 Å². The molecule has 1 saturated carbocycles. The number of carbonyl (C=O) groups excluding carboxylic acids is 2. The van der Waals surface area contributed by atoms with Crippen LogP contribution in [0.3, 0.4) is 0 Å². The molecule has 5 nitrogen and oxygen atoms in total. The second-order valence-electron chi connectivity index (χ2n) is 6.88. The molecule has 1 aromatic carbocycles. The molecule has 2 rings (SSSR count). The fourth-order valence-electron chi connectivity index (χ4n) is 3.29. The van der Waals surface area contributed by atoms with Crippen molar-refractivity contribution in [2.24, 2.45) is 11.8 Å². The Bertz CT molecular complexity index is 534. The summed E-state index contributed by atoms with van der Waals surface area (Å²) in [5.74, 6) is 0.220. The third-order valence-corrected chi connectivity index (χ3v) is 4.75. The fraction of sp³-hybridized carbons (Fsp3) is 0.579. The molecule has 1 aliphatic carbocycles. The van der Waals surface area contributed by atoms with Gasteiger partial charge in [0.15, 0.2) is 0 Å².